The molecule has 1 aliphatic heterocycles. The van der Waals surface area contributed by atoms with E-state index in [4.69, 9.17) is 4.84 Å². The molecule has 0 aliphatic carbocycles. The van der Waals surface area contributed by atoms with Gasteiger partial charge in [-0.1, -0.05) is 16.6 Å². The summed E-state index contributed by atoms with van der Waals surface area (Å²) >= 11 is 0. The molecule has 1 fully saturated rings. The third-order valence-corrected chi connectivity index (χ3v) is 8.82. The van der Waals surface area contributed by atoms with Crippen LogP contribution in [0, 0.1) is 6.92 Å². The highest BCUT2D eigenvalue weighted by molar-refractivity contribution is 7.89. The molecule has 1 saturated heterocycles. The van der Waals surface area contributed by atoms with Gasteiger partial charge in [0.2, 0.25) is 15.9 Å². The molecule has 0 bridgehead atoms. The molecule has 12 heteroatoms. The van der Waals surface area contributed by atoms with Gasteiger partial charge in [0, 0.05) is 44.6 Å². The molecule has 0 spiro atoms. The second-order valence-corrected chi connectivity index (χ2v) is 11.6. The number of carbonyl (C=O) groups is 1. The van der Waals surface area contributed by atoms with E-state index in [1.807, 2.05) is 25.1 Å². The molecule has 0 radical (unpaired) electrons. The molecule has 1 heterocycles. The van der Waals surface area contributed by atoms with E-state index in [9.17, 15) is 21.6 Å². The highest BCUT2D eigenvalue weighted by atomic mass is 32.2. The highest BCUT2D eigenvalue weighted by Gasteiger charge is 2.29. The summed E-state index contributed by atoms with van der Waals surface area (Å²) in [6.07, 6.45) is 0. The Hall–Kier alpha value is -2.51. The normalized spacial score (nSPS) is 15.6. The molecule has 2 aromatic rings. The molecule has 0 saturated carbocycles. The maximum atomic E-state index is 12.7. The van der Waals surface area contributed by atoms with Crippen molar-refractivity contribution in [1.82, 2.24) is 8.77 Å². The van der Waals surface area contributed by atoms with Crippen molar-refractivity contribution < 1.29 is 26.5 Å². The van der Waals surface area contributed by atoms with Gasteiger partial charge in [0.1, 0.15) is 5.75 Å². The summed E-state index contributed by atoms with van der Waals surface area (Å²) in [5.41, 5.74) is 2.47. The Kier molecular flexibility index (Phi) is 7.75. The molecule has 0 unspecified atom stereocenters. The van der Waals surface area contributed by atoms with Crippen molar-refractivity contribution in [2.45, 2.75) is 11.8 Å². The summed E-state index contributed by atoms with van der Waals surface area (Å²) in [4.78, 5) is 19.2. The zero-order valence-electron chi connectivity index (χ0n) is 18.8. The summed E-state index contributed by atoms with van der Waals surface area (Å²) in [5.74, 6) is -1.38. The van der Waals surface area contributed by atoms with Crippen LogP contribution in [0.3, 0.4) is 0 Å². The molecule has 3 rings (SSSR count). The van der Waals surface area contributed by atoms with Crippen molar-refractivity contribution in [2.24, 2.45) is 0 Å². The number of hydroxylamine groups is 1. The van der Waals surface area contributed by atoms with Crippen LogP contribution in [-0.4, -0.2) is 77.6 Å². The van der Waals surface area contributed by atoms with Gasteiger partial charge >= 0.3 is 0 Å². The molecular formula is C21H28N4O6S2. The third kappa shape index (κ3) is 6.09. The van der Waals surface area contributed by atoms with Gasteiger partial charge < -0.3 is 10.2 Å². The van der Waals surface area contributed by atoms with Gasteiger partial charge in [-0.3, -0.25) is 9.63 Å². The van der Waals surface area contributed by atoms with E-state index in [2.05, 4.69) is 16.3 Å². The summed E-state index contributed by atoms with van der Waals surface area (Å²) < 4.78 is 51.9. The Morgan fingerprint density at radius 1 is 1.03 bits per heavy atom. The SMILES string of the molecule is CON(C)S(=O)(=O)c1ccc(NC(=O)CS(=O)(=O)N2CCN(c3cccc(C)c3)CC2)cc1. The number of sulfonamides is 2. The number of hydrogen-bond acceptors (Lipinski definition) is 7. The summed E-state index contributed by atoms with van der Waals surface area (Å²) in [5, 5.41) is 2.50. The van der Waals surface area contributed by atoms with E-state index in [1.165, 1.54) is 42.7 Å². The largest absolute Gasteiger partial charge is 0.369 e. The predicted octanol–water partition coefficient (Wildman–Crippen LogP) is 1.27. The fourth-order valence-electron chi connectivity index (χ4n) is 3.46. The van der Waals surface area contributed by atoms with Crippen molar-refractivity contribution in [3.63, 3.8) is 0 Å². The number of rotatable bonds is 8. The number of piperazine rings is 1. The van der Waals surface area contributed by atoms with Crippen LogP contribution >= 0.6 is 0 Å². The number of benzene rings is 2. The number of hydrogen-bond donors (Lipinski definition) is 1. The van der Waals surface area contributed by atoms with Gasteiger partial charge in [-0.05, 0) is 48.9 Å². The van der Waals surface area contributed by atoms with Gasteiger partial charge in [-0.25, -0.2) is 16.8 Å². The first-order valence-corrected chi connectivity index (χ1v) is 13.3. The Labute approximate surface area is 194 Å². The van der Waals surface area contributed by atoms with Crippen molar-refractivity contribution in [2.75, 3.05) is 56.3 Å². The first-order chi connectivity index (χ1) is 15.5. The topological polar surface area (TPSA) is 116 Å². The van der Waals surface area contributed by atoms with Crippen LogP contribution in [0.5, 0.6) is 0 Å². The zero-order valence-corrected chi connectivity index (χ0v) is 20.4. The Morgan fingerprint density at radius 2 is 1.67 bits per heavy atom. The summed E-state index contributed by atoms with van der Waals surface area (Å²) in [6, 6.07) is 13.4. The Bertz CT molecular complexity index is 1190. The molecule has 0 atom stereocenters. The van der Waals surface area contributed by atoms with Crippen molar-refractivity contribution in [3.05, 3.63) is 54.1 Å². The molecule has 0 aromatic heterocycles. The summed E-state index contributed by atoms with van der Waals surface area (Å²) in [7, 11) is -5.11. The lowest BCUT2D eigenvalue weighted by Crippen LogP contribution is -2.50. The van der Waals surface area contributed by atoms with Crippen molar-refractivity contribution in [3.8, 4) is 0 Å². The van der Waals surface area contributed by atoms with E-state index < -0.39 is 31.7 Å². The van der Waals surface area contributed by atoms with Gasteiger partial charge in [-0.15, -0.1) is 0 Å². The second-order valence-electron chi connectivity index (χ2n) is 7.65. The van der Waals surface area contributed by atoms with Gasteiger partial charge in [0.15, 0.2) is 0 Å². The standard InChI is InChI=1S/C21H28N4O6S2/c1-17-5-4-6-19(15-17)24-11-13-25(14-12-24)32(27,28)16-21(26)22-18-7-9-20(10-8-18)33(29,30)23(2)31-3/h4-10,15H,11-14,16H2,1-3H3,(H,22,26). The van der Waals surface area contributed by atoms with Crippen LogP contribution in [0.25, 0.3) is 0 Å². The number of anilines is 2. The monoisotopic (exact) mass is 496 g/mol. The maximum absolute atomic E-state index is 12.7. The maximum Gasteiger partial charge on any atom is 0.264 e. The van der Waals surface area contributed by atoms with E-state index in [0.717, 1.165) is 11.3 Å². The molecule has 180 valence electrons. The second kappa shape index (κ2) is 10.2. The molecule has 10 nitrogen and oxygen atoms in total. The number of nitrogens with one attached hydrogen (secondary N) is 1. The average molecular weight is 497 g/mol. The van der Waals surface area contributed by atoms with Gasteiger partial charge in [0.05, 0.1) is 12.0 Å². The lowest BCUT2D eigenvalue weighted by molar-refractivity contribution is -0.113. The van der Waals surface area contributed by atoms with Crippen LogP contribution in [-0.2, 0) is 29.7 Å². The summed E-state index contributed by atoms with van der Waals surface area (Å²) in [6.45, 7) is 3.67. The fraction of sp³-hybridized carbons (Fsp3) is 0.381. The van der Waals surface area contributed by atoms with Crippen LogP contribution in [0.4, 0.5) is 11.4 Å². The fourth-order valence-corrected chi connectivity index (χ4v) is 5.74. The first kappa shape index (κ1) is 25.1. The third-order valence-electron chi connectivity index (χ3n) is 5.34. The molecule has 1 aliphatic rings. The van der Waals surface area contributed by atoms with Crippen LogP contribution in [0.1, 0.15) is 5.56 Å². The molecule has 1 N–H and O–H groups in total. The van der Waals surface area contributed by atoms with Crippen molar-refractivity contribution >= 4 is 37.3 Å². The Balaban J connectivity index is 1.57. The minimum atomic E-state index is -3.81. The van der Waals surface area contributed by atoms with Crippen LogP contribution in [0.15, 0.2) is 53.4 Å². The first-order valence-electron chi connectivity index (χ1n) is 10.3. The predicted molar refractivity (Wildman–Crippen MR) is 126 cm³/mol. The van der Waals surface area contributed by atoms with E-state index in [-0.39, 0.29) is 4.90 Å². The molecule has 33 heavy (non-hydrogen) atoms. The van der Waals surface area contributed by atoms with E-state index in [1.54, 1.807) is 0 Å². The minimum absolute atomic E-state index is 0.0241. The lowest BCUT2D eigenvalue weighted by atomic mass is 10.2. The highest BCUT2D eigenvalue weighted by Crippen LogP contribution is 2.20. The van der Waals surface area contributed by atoms with Crippen LogP contribution in [0.2, 0.25) is 0 Å². The Morgan fingerprint density at radius 3 is 2.24 bits per heavy atom. The van der Waals surface area contributed by atoms with Gasteiger partial charge in [-0.2, -0.15) is 4.31 Å². The quantitative estimate of drug-likeness (QED) is 0.547. The number of aryl methyl sites for hydroxylation is 1. The number of amides is 1. The zero-order chi connectivity index (χ0) is 24.2. The van der Waals surface area contributed by atoms with E-state index in [0.29, 0.717) is 36.3 Å². The number of nitrogens with zero attached hydrogens (tertiary/aromatic N) is 3. The average Bonchev–Trinajstić information content (AvgIpc) is 2.78. The minimum Gasteiger partial charge on any atom is -0.369 e. The lowest BCUT2D eigenvalue weighted by Gasteiger charge is -2.35. The smallest absolute Gasteiger partial charge is 0.264 e. The molecular weight excluding hydrogens is 468 g/mol. The van der Waals surface area contributed by atoms with Gasteiger partial charge in [0.25, 0.3) is 10.0 Å². The van der Waals surface area contributed by atoms with Crippen molar-refractivity contribution in [1.29, 1.82) is 0 Å². The number of carbonyl (C=O) groups excluding carboxylic acids is 1. The van der Waals surface area contributed by atoms with E-state index >= 15 is 0 Å². The molecule has 2 aromatic carbocycles. The van der Waals surface area contributed by atoms with Crippen LogP contribution < -0.4 is 10.2 Å². The molecule has 1 amide bonds.